The second kappa shape index (κ2) is 6.91. The summed E-state index contributed by atoms with van der Waals surface area (Å²) in [4.78, 5) is 11.3. The minimum Gasteiger partial charge on any atom is -0.484 e. The van der Waals surface area contributed by atoms with Gasteiger partial charge in [0.25, 0.3) is 5.91 Å². The topological polar surface area (TPSA) is 50.7 Å². The van der Waals surface area contributed by atoms with Crippen LogP contribution in [0.3, 0.4) is 0 Å². The molecule has 0 unspecified atom stereocenters. The maximum absolute atomic E-state index is 11.3. The van der Waals surface area contributed by atoms with E-state index in [1.54, 1.807) is 30.5 Å². The van der Waals surface area contributed by atoms with Gasteiger partial charge in [0.1, 0.15) is 5.75 Å². The molecular weight excluding hydrogens is 240 g/mol. The van der Waals surface area contributed by atoms with Gasteiger partial charge in [0.05, 0.1) is 0 Å². The summed E-state index contributed by atoms with van der Waals surface area (Å²) in [6.45, 7) is 3.87. The summed E-state index contributed by atoms with van der Waals surface area (Å²) in [7, 11) is 0. The lowest BCUT2D eigenvalue weighted by atomic mass is 10.3. The average molecular weight is 255 g/mol. The molecule has 92 valence electrons. The zero-order valence-corrected chi connectivity index (χ0v) is 10.6. The van der Waals surface area contributed by atoms with Crippen molar-refractivity contribution in [1.29, 1.82) is 0 Å². The first-order valence-electron chi connectivity index (χ1n) is 5.28. The zero-order valence-electron chi connectivity index (χ0n) is 9.81. The summed E-state index contributed by atoms with van der Waals surface area (Å²) < 4.78 is 5.24. The molecule has 5 heteroatoms. The first-order valence-corrected chi connectivity index (χ1v) is 5.66. The van der Waals surface area contributed by atoms with Gasteiger partial charge in [-0.2, -0.15) is 5.10 Å². The Kier molecular flexibility index (Phi) is 5.49. The Balaban J connectivity index is 2.31. The van der Waals surface area contributed by atoms with E-state index in [0.29, 0.717) is 16.7 Å². The lowest BCUT2D eigenvalue weighted by Gasteiger charge is -2.04. The molecule has 1 rings (SSSR count). The quantitative estimate of drug-likeness (QED) is 0.648. The van der Waals surface area contributed by atoms with Gasteiger partial charge in [-0.3, -0.25) is 4.79 Å². The minimum absolute atomic E-state index is 0.0724. The Hall–Kier alpha value is -1.55. The smallest absolute Gasteiger partial charge is 0.277 e. The maximum atomic E-state index is 11.3. The second-order valence-electron chi connectivity index (χ2n) is 3.80. The fourth-order valence-electron chi connectivity index (χ4n) is 0.970. The van der Waals surface area contributed by atoms with E-state index < -0.39 is 0 Å². The van der Waals surface area contributed by atoms with Crippen LogP contribution >= 0.6 is 11.6 Å². The van der Waals surface area contributed by atoms with Crippen molar-refractivity contribution >= 4 is 23.7 Å². The highest BCUT2D eigenvalue weighted by atomic mass is 35.5. The number of halogens is 1. The van der Waals surface area contributed by atoms with Gasteiger partial charge >= 0.3 is 0 Å². The van der Waals surface area contributed by atoms with Gasteiger partial charge in [0, 0.05) is 11.2 Å². The van der Waals surface area contributed by atoms with Crippen molar-refractivity contribution in [3.63, 3.8) is 0 Å². The summed E-state index contributed by atoms with van der Waals surface area (Å²) in [5.74, 6) is 0.599. The predicted octanol–water partition coefficient (Wildman–Crippen LogP) is 2.48. The van der Waals surface area contributed by atoms with Gasteiger partial charge in [-0.25, -0.2) is 5.43 Å². The van der Waals surface area contributed by atoms with Gasteiger partial charge in [0.2, 0.25) is 0 Å². The van der Waals surface area contributed by atoms with Crippen molar-refractivity contribution in [2.45, 2.75) is 13.8 Å². The molecule has 1 N–H and O–H groups in total. The Morgan fingerprint density at radius 3 is 2.71 bits per heavy atom. The molecule has 1 aromatic rings. The van der Waals surface area contributed by atoms with E-state index in [2.05, 4.69) is 10.5 Å². The van der Waals surface area contributed by atoms with Crippen LogP contribution in [0.1, 0.15) is 13.8 Å². The zero-order chi connectivity index (χ0) is 12.7. The highest BCUT2D eigenvalue weighted by molar-refractivity contribution is 6.30. The lowest BCUT2D eigenvalue weighted by molar-refractivity contribution is -0.123. The third-order valence-electron chi connectivity index (χ3n) is 1.75. The number of nitrogens with zero attached hydrogens (tertiary/aromatic N) is 1. The van der Waals surface area contributed by atoms with Gasteiger partial charge in [-0.1, -0.05) is 25.4 Å². The number of carbonyl (C=O) groups excluding carboxylic acids is 1. The molecule has 0 aliphatic heterocycles. The van der Waals surface area contributed by atoms with Crippen molar-refractivity contribution in [3.8, 4) is 5.75 Å². The molecule has 0 fully saturated rings. The second-order valence-corrected chi connectivity index (χ2v) is 4.24. The molecule has 0 aromatic heterocycles. The summed E-state index contributed by atoms with van der Waals surface area (Å²) in [5, 5.41) is 4.40. The monoisotopic (exact) mass is 254 g/mol. The molecule has 0 atom stereocenters. The van der Waals surface area contributed by atoms with E-state index in [1.807, 2.05) is 13.8 Å². The van der Waals surface area contributed by atoms with Crippen LogP contribution in [0.15, 0.2) is 29.4 Å². The fraction of sp³-hybridized carbons (Fsp3) is 0.333. The van der Waals surface area contributed by atoms with Crippen LogP contribution in [-0.4, -0.2) is 18.7 Å². The number of hydrogen-bond acceptors (Lipinski definition) is 3. The Labute approximate surface area is 106 Å². The molecule has 0 spiro atoms. The van der Waals surface area contributed by atoms with Gasteiger partial charge in [-0.15, -0.1) is 0 Å². The first kappa shape index (κ1) is 13.5. The van der Waals surface area contributed by atoms with Crippen LogP contribution in [0.2, 0.25) is 5.02 Å². The number of ether oxygens (including phenoxy) is 1. The van der Waals surface area contributed by atoms with Crippen LogP contribution < -0.4 is 10.2 Å². The number of amides is 1. The third kappa shape index (κ3) is 5.92. The highest BCUT2D eigenvalue weighted by Gasteiger charge is 2.01. The molecule has 1 amide bonds. The van der Waals surface area contributed by atoms with E-state index in [1.165, 1.54) is 0 Å². The van der Waals surface area contributed by atoms with Crippen LogP contribution in [0.4, 0.5) is 0 Å². The van der Waals surface area contributed by atoms with Crippen molar-refractivity contribution < 1.29 is 9.53 Å². The number of carbonyl (C=O) groups is 1. The Morgan fingerprint density at radius 2 is 2.12 bits per heavy atom. The predicted molar refractivity (Wildman–Crippen MR) is 68.4 cm³/mol. The molecule has 0 aliphatic carbocycles. The van der Waals surface area contributed by atoms with E-state index >= 15 is 0 Å². The summed E-state index contributed by atoms with van der Waals surface area (Å²) in [5.41, 5.74) is 2.38. The van der Waals surface area contributed by atoms with Gasteiger partial charge in [0.15, 0.2) is 6.61 Å². The van der Waals surface area contributed by atoms with Crippen molar-refractivity contribution in [3.05, 3.63) is 29.3 Å². The largest absolute Gasteiger partial charge is 0.484 e. The van der Waals surface area contributed by atoms with Crippen LogP contribution in [0.5, 0.6) is 5.75 Å². The van der Waals surface area contributed by atoms with Gasteiger partial charge < -0.3 is 4.74 Å². The van der Waals surface area contributed by atoms with Crippen molar-refractivity contribution in [2.75, 3.05) is 6.61 Å². The SMILES string of the molecule is CC(C)C=NNC(=O)COc1ccc(Cl)cc1. The van der Waals surface area contributed by atoms with E-state index in [4.69, 9.17) is 16.3 Å². The minimum atomic E-state index is -0.295. The summed E-state index contributed by atoms with van der Waals surface area (Å²) >= 11 is 5.72. The van der Waals surface area contributed by atoms with Crippen molar-refractivity contribution in [1.82, 2.24) is 5.43 Å². The van der Waals surface area contributed by atoms with Gasteiger partial charge in [-0.05, 0) is 30.2 Å². The Bertz CT molecular complexity index is 388. The molecule has 0 aliphatic rings. The molecule has 1 aromatic carbocycles. The van der Waals surface area contributed by atoms with Crippen molar-refractivity contribution in [2.24, 2.45) is 11.0 Å². The number of hydrazone groups is 1. The Morgan fingerprint density at radius 1 is 1.47 bits per heavy atom. The standard InChI is InChI=1S/C12H15ClN2O2/c1-9(2)7-14-15-12(16)8-17-11-5-3-10(13)4-6-11/h3-7,9H,8H2,1-2H3,(H,15,16). The number of nitrogens with one attached hydrogen (secondary N) is 1. The van der Waals surface area contributed by atoms with E-state index in [0.717, 1.165) is 0 Å². The summed E-state index contributed by atoms with van der Waals surface area (Å²) in [6.07, 6.45) is 1.65. The molecule has 17 heavy (non-hydrogen) atoms. The van der Waals surface area contributed by atoms with Crippen LogP contribution in [-0.2, 0) is 4.79 Å². The molecular formula is C12H15ClN2O2. The molecule has 0 radical (unpaired) electrons. The van der Waals surface area contributed by atoms with Crippen LogP contribution in [0.25, 0.3) is 0 Å². The average Bonchev–Trinajstić information content (AvgIpc) is 2.28. The lowest BCUT2D eigenvalue weighted by Crippen LogP contribution is -2.24. The highest BCUT2D eigenvalue weighted by Crippen LogP contribution is 2.15. The van der Waals surface area contributed by atoms with Crippen LogP contribution in [0, 0.1) is 5.92 Å². The normalized spacial score (nSPS) is 10.8. The number of rotatable bonds is 5. The molecule has 0 saturated heterocycles. The van der Waals surface area contributed by atoms with E-state index in [9.17, 15) is 4.79 Å². The summed E-state index contributed by atoms with van der Waals surface area (Å²) in [6, 6.07) is 6.80. The first-order chi connectivity index (χ1) is 8.08. The number of benzene rings is 1. The molecule has 0 saturated carbocycles. The molecule has 0 bridgehead atoms. The van der Waals surface area contributed by atoms with E-state index in [-0.39, 0.29) is 12.5 Å². The fourth-order valence-corrected chi connectivity index (χ4v) is 1.10. The molecule has 0 heterocycles. The maximum Gasteiger partial charge on any atom is 0.277 e. The number of hydrogen-bond donors (Lipinski definition) is 1. The molecule has 4 nitrogen and oxygen atoms in total. The third-order valence-corrected chi connectivity index (χ3v) is 2.00.